The molecule has 1 unspecified atom stereocenters. The average Bonchev–Trinajstić information content (AvgIpc) is 2.69. The van der Waals surface area contributed by atoms with Crippen molar-refractivity contribution in [2.24, 2.45) is 11.8 Å². The lowest BCUT2D eigenvalue weighted by molar-refractivity contribution is -0.136. The van der Waals surface area contributed by atoms with Crippen LogP contribution in [-0.2, 0) is 11.2 Å². The predicted molar refractivity (Wildman–Crippen MR) is 110 cm³/mol. The van der Waals surface area contributed by atoms with Crippen molar-refractivity contribution in [3.05, 3.63) is 29.8 Å². The first-order valence-corrected chi connectivity index (χ1v) is 10.8. The third kappa shape index (κ3) is 5.02. The van der Waals surface area contributed by atoms with Crippen molar-refractivity contribution in [3.8, 4) is 0 Å². The van der Waals surface area contributed by atoms with Gasteiger partial charge in [0, 0.05) is 37.8 Å². The summed E-state index contributed by atoms with van der Waals surface area (Å²) in [4.78, 5) is 17.1. The van der Waals surface area contributed by atoms with Crippen LogP contribution < -0.4 is 4.90 Å². The first-order valence-electron chi connectivity index (χ1n) is 10.8. The largest absolute Gasteiger partial charge is 0.372 e. The van der Waals surface area contributed by atoms with Crippen LogP contribution >= 0.6 is 0 Å². The Kier molecular flexibility index (Phi) is 6.99. The van der Waals surface area contributed by atoms with Gasteiger partial charge in [0.05, 0.1) is 0 Å². The molecule has 2 heterocycles. The second-order valence-electron chi connectivity index (χ2n) is 8.38. The number of carbonyl (C=O) groups excluding carboxylic acids is 1. The molecule has 144 valence electrons. The van der Waals surface area contributed by atoms with Gasteiger partial charge in [-0.15, -0.1) is 0 Å². The van der Waals surface area contributed by atoms with Crippen molar-refractivity contribution in [1.82, 2.24) is 4.90 Å². The van der Waals surface area contributed by atoms with Crippen molar-refractivity contribution >= 4 is 11.6 Å². The summed E-state index contributed by atoms with van der Waals surface area (Å²) in [6, 6.07) is 9.27. The molecule has 3 nitrogen and oxygen atoms in total. The van der Waals surface area contributed by atoms with E-state index in [1.807, 2.05) is 0 Å². The van der Waals surface area contributed by atoms with Gasteiger partial charge in [0.25, 0.3) is 0 Å². The summed E-state index contributed by atoms with van der Waals surface area (Å²) in [6.07, 6.45) is 9.61. The summed E-state index contributed by atoms with van der Waals surface area (Å²) < 4.78 is 0. The van der Waals surface area contributed by atoms with Crippen LogP contribution in [0.25, 0.3) is 0 Å². The average molecular weight is 357 g/mol. The first-order chi connectivity index (χ1) is 12.7. The van der Waals surface area contributed by atoms with Crippen LogP contribution in [0.15, 0.2) is 24.3 Å². The van der Waals surface area contributed by atoms with Gasteiger partial charge in [0.1, 0.15) is 0 Å². The second kappa shape index (κ2) is 9.43. The van der Waals surface area contributed by atoms with E-state index < -0.39 is 0 Å². The van der Waals surface area contributed by atoms with E-state index in [1.165, 1.54) is 43.6 Å². The summed E-state index contributed by atoms with van der Waals surface area (Å²) in [5.74, 6) is 1.29. The van der Waals surface area contributed by atoms with Gasteiger partial charge in [-0.25, -0.2) is 0 Å². The lowest BCUT2D eigenvalue weighted by Crippen LogP contribution is -2.41. The van der Waals surface area contributed by atoms with Gasteiger partial charge in [-0.1, -0.05) is 32.4 Å². The summed E-state index contributed by atoms with van der Waals surface area (Å²) in [6.45, 7) is 8.56. The van der Waals surface area contributed by atoms with Crippen LogP contribution in [0.5, 0.6) is 0 Å². The highest BCUT2D eigenvalue weighted by Gasteiger charge is 2.25. The van der Waals surface area contributed by atoms with E-state index in [2.05, 4.69) is 47.9 Å². The molecule has 1 aromatic carbocycles. The Morgan fingerprint density at radius 2 is 1.69 bits per heavy atom. The Balaban J connectivity index is 1.46. The molecule has 1 amide bonds. The van der Waals surface area contributed by atoms with E-state index in [-0.39, 0.29) is 5.92 Å². The third-order valence-corrected chi connectivity index (χ3v) is 6.25. The zero-order valence-electron chi connectivity index (χ0n) is 16.8. The van der Waals surface area contributed by atoms with Crippen molar-refractivity contribution < 1.29 is 4.79 Å². The highest BCUT2D eigenvalue weighted by atomic mass is 16.2. The molecular weight excluding hydrogens is 320 g/mol. The summed E-state index contributed by atoms with van der Waals surface area (Å²) >= 11 is 0. The van der Waals surface area contributed by atoms with E-state index >= 15 is 0 Å². The number of benzene rings is 1. The molecule has 2 saturated heterocycles. The van der Waals surface area contributed by atoms with Gasteiger partial charge < -0.3 is 9.80 Å². The van der Waals surface area contributed by atoms with Crippen LogP contribution in [0.3, 0.4) is 0 Å². The van der Waals surface area contributed by atoms with E-state index in [0.717, 1.165) is 51.1 Å². The molecule has 3 rings (SSSR count). The number of anilines is 1. The molecule has 2 aliphatic rings. The van der Waals surface area contributed by atoms with Crippen LogP contribution in [0.2, 0.25) is 0 Å². The van der Waals surface area contributed by atoms with Gasteiger partial charge in [0.15, 0.2) is 0 Å². The van der Waals surface area contributed by atoms with Gasteiger partial charge in [-0.05, 0) is 68.6 Å². The molecule has 1 atom stereocenters. The molecule has 0 saturated carbocycles. The van der Waals surface area contributed by atoms with Gasteiger partial charge in [-0.2, -0.15) is 0 Å². The fourth-order valence-electron chi connectivity index (χ4n) is 4.55. The van der Waals surface area contributed by atoms with Crippen LogP contribution in [0.1, 0.15) is 64.4 Å². The number of carbonyl (C=O) groups is 1. The molecule has 2 fully saturated rings. The smallest absolute Gasteiger partial charge is 0.225 e. The number of rotatable bonds is 6. The van der Waals surface area contributed by atoms with E-state index in [9.17, 15) is 4.79 Å². The SMILES string of the molecule is CCCC(C)C(=O)N1CCC(Cc2ccc(N3CCCCC3)cc2)CC1. The molecular formula is C23H36N2O. The van der Waals surface area contributed by atoms with Crippen molar-refractivity contribution in [1.29, 1.82) is 0 Å². The van der Waals surface area contributed by atoms with E-state index in [4.69, 9.17) is 0 Å². The standard InChI is InChI=1S/C23H36N2O/c1-3-7-19(2)23(26)25-16-12-21(13-17-25)18-20-8-10-22(11-9-20)24-14-5-4-6-15-24/h8-11,19,21H,3-7,12-18H2,1-2H3. The molecule has 2 aliphatic heterocycles. The monoisotopic (exact) mass is 356 g/mol. The van der Waals surface area contributed by atoms with Crippen LogP contribution in [0.4, 0.5) is 5.69 Å². The quantitative estimate of drug-likeness (QED) is 0.724. The highest BCUT2D eigenvalue weighted by molar-refractivity contribution is 5.78. The van der Waals surface area contributed by atoms with Gasteiger partial charge in [-0.3, -0.25) is 4.79 Å². The number of likely N-dealkylation sites (tertiary alicyclic amines) is 1. The number of nitrogens with zero attached hydrogens (tertiary/aromatic N) is 2. The highest BCUT2D eigenvalue weighted by Crippen LogP contribution is 2.25. The zero-order valence-corrected chi connectivity index (χ0v) is 16.8. The van der Waals surface area contributed by atoms with Crippen LogP contribution in [0, 0.1) is 11.8 Å². The number of hydrogen-bond donors (Lipinski definition) is 0. The maximum absolute atomic E-state index is 12.5. The molecule has 0 aliphatic carbocycles. The minimum Gasteiger partial charge on any atom is -0.372 e. The van der Waals surface area contributed by atoms with E-state index in [0.29, 0.717) is 5.91 Å². The third-order valence-electron chi connectivity index (χ3n) is 6.25. The Bertz CT molecular complexity index is 554. The number of amides is 1. The molecule has 0 aromatic heterocycles. The van der Waals surface area contributed by atoms with Gasteiger partial charge in [0.2, 0.25) is 5.91 Å². The summed E-state index contributed by atoms with van der Waals surface area (Å²) in [5, 5.41) is 0. The van der Waals surface area contributed by atoms with Gasteiger partial charge >= 0.3 is 0 Å². The number of piperidine rings is 2. The second-order valence-corrected chi connectivity index (χ2v) is 8.38. The minimum absolute atomic E-state index is 0.193. The maximum Gasteiger partial charge on any atom is 0.225 e. The fourth-order valence-corrected chi connectivity index (χ4v) is 4.55. The maximum atomic E-state index is 12.5. The topological polar surface area (TPSA) is 23.6 Å². The van der Waals surface area contributed by atoms with E-state index in [1.54, 1.807) is 0 Å². The lowest BCUT2D eigenvalue weighted by atomic mass is 9.89. The minimum atomic E-state index is 0.193. The number of hydrogen-bond acceptors (Lipinski definition) is 2. The van der Waals surface area contributed by atoms with Crippen molar-refractivity contribution in [2.45, 2.75) is 65.2 Å². The Labute approximate surface area is 159 Å². The van der Waals surface area contributed by atoms with Crippen LogP contribution in [-0.4, -0.2) is 37.0 Å². The lowest BCUT2D eigenvalue weighted by Gasteiger charge is -2.34. The Morgan fingerprint density at radius 1 is 1.04 bits per heavy atom. The molecule has 1 aromatic rings. The van der Waals surface area contributed by atoms with Crippen molar-refractivity contribution in [3.63, 3.8) is 0 Å². The molecule has 3 heteroatoms. The normalized spacial score (nSPS) is 20.2. The first kappa shape index (κ1) is 19.3. The zero-order chi connectivity index (χ0) is 18.4. The Hall–Kier alpha value is -1.51. The molecule has 0 N–H and O–H groups in total. The molecule has 26 heavy (non-hydrogen) atoms. The molecule has 0 bridgehead atoms. The summed E-state index contributed by atoms with van der Waals surface area (Å²) in [5.41, 5.74) is 2.84. The molecule has 0 radical (unpaired) electrons. The predicted octanol–water partition coefficient (Wildman–Crippen LogP) is 4.89. The van der Waals surface area contributed by atoms with Crippen molar-refractivity contribution in [2.75, 3.05) is 31.1 Å². The Morgan fingerprint density at radius 3 is 2.31 bits per heavy atom. The fraction of sp³-hybridized carbons (Fsp3) is 0.696. The summed E-state index contributed by atoms with van der Waals surface area (Å²) in [7, 11) is 0. The molecule has 0 spiro atoms.